The Morgan fingerprint density at radius 3 is 2.75 bits per heavy atom. The fourth-order valence-corrected chi connectivity index (χ4v) is 0.940. The Balaban J connectivity index is 2.96. The summed E-state index contributed by atoms with van der Waals surface area (Å²) < 4.78 is 5.14. The van der Waals surface area contributed by atoms with Gasteiger partial charge in [0.1, 0.15) is 12.0 Å². The SMILES string of the molecule is CN(C)C(=CC=O)c1ccco1. The molecule has 3 nitrogen and oxygen atoms in total. The van der Waals surface area contributed by atoms with Gasteiger partial charge in [-0.3, -0.25) is 4.79 Å². The summed E-state index contributed by atoms with van der Waals surface area (Å²) >= 11 is 0. The van der Waals surface area contributed by atoms with Gasteiger partial charge < -0.3 is 9.32 Å². The van der Waals surface area contributed by atoms with Crippen LogP contribution in [-0.2, 0) is 4.79 Å². The van der Waals surface area contributed by atoms with E-state index in [2.05, 4.69) is 0 Å². The normalized spacial score (nSPS) is 11.3. The number of carbonyl (C=O) groups excluding carboxylic acids is 1. The van der Waals surface area contributed by atoms with Crippen LogP contribution in [0.15, 0.2) is 28.9 Å². The predicted octanol–water partition coefficient (Wildman–Crippen LogP) is 1.38. The lowest BCUT2D eigenvalue weighted by atomic mass is 10.3. The smallest absolute Gasteiger partial charge is 0.150 e. The van der Waals surface area contributed by atoms with E-state index >= 15 is 0 Å². The zero-order valence-electron chi connectivity index (χ0n) is 7.15. The van der Waals surface area contributed by atoms with E-state index in [9.17, 15) is 4.79 Å². The molecule has 1 aromatic rings. The van der Waals surface area contributed by atoms with Crippen LogP contribution in [0.1, 0.15) is 5.76 Å². The van der Waals surface area contributed by atoms with Crippen molar-refractivity contribution in [2.75, 3.05) is 14.1 Å². The van der Waals surface area contributed by atoms with E-state index in [0.29, 0.717) is 5.76 Å². The first-order valence-corrected chi connectivity index (χ1v) is 3.62. The van der Waals surface area contributed by atoms with Crippen molar-refractivity contribution in [3.8, 4) is 0 Å². The third-order valence-electron chi connectivity index (χ3n) is 1.48. The molecule has 3 heteroatoms. The summed E-state index contributed by atoms with van der Waals surface area (Å²) in [7, 11) is 3.72. The zero-order valence-corrected chi connectivity index (χ0v) is 7.15. The summed E-state index contributed by atoms with van der Waals surface area (Å²) in [5.74, 6) is 0.701. The average Bonchev–Trinajstić information content (AvgIpc) is 2.51. The predicted molar refractivity (Wildman–Crippen MR) is 46.4 cm³/mol. The minimum absolute atomic E-state index is 0.701. The van der Waals surface area contributed by atoms with Gasteiger partial charge in [0, 0.05) is 20.2 Å². The fourth-order valence-electron chi connectivity index (χ4n) is 0.940. The first-order valence-electron chi connectivity index (χ1n) is 3.62. The molecule has 0 aliphatic heterocycles. The monoisotopic (exact) mass is 165 g/mol. The maximum absolute atomic E-state index is 10.3. The molecule has 0 aliphatic carbocycles. The standard InChI is InChI=1S/C9H11NO2/c1-10(2)8(5-6-11)9-4-3-7-12-9/h3-7H,1-2H3. The highest BCUT2D eigenvalue weighted by atomic mass is 16.3. The van der Waals surface area contributed by atoms with E-state index in [1.54, 1.807) is 12.3 Å². The van der Waals surface area contributed by atoms with Gasteiger partial charge in [-0.1, -0.05) is 0 Å². The molecule has 64 valence electrons. The highest BCUT2D eigenvalue weighted by Gasteiger charge is 2.04. The van der Waals surface area contributed by atoms with Gasteiger partial charge in [0.25, 0.3) is 0 Å². The van der Waals surface area contributed by atoms with Gasteiger partial charge in [0.05, 0.1) is 12.0 Å². The Hall–Kier alpha value is -1.51. The molecule has 0 fully saturated rings. The third kappa shape index (κ3) is 1.75. The van der Waals surface area contributed by atoms with Crippen LogP contribution < -0.4 is 0 Å². The molecular formula is C9H11NO2. The van der Waals surface area contributed by atoms with Crippen molar-refractivity contribution in [2.24, 2.45) is 0 Å². The van der Waals surface area contributed by atoms with Crippen LogP contribution >= 0.6 is 0 Å². The molecule has 0 radical (unpaired) electrons. The van der Waals surface area contributed by atoms with Crippen LogP contribution in [-0.4, -0.2) is 25.3 Å². The molecule has 0 atom stereocenters. The second-order valence-electron chi connectivity index (χ2n) is 2.56. The maximum atomic E-state index is 10.3. The number of carbonyl (C=O) groups is 1. The minimum Gasteiger partial charge on any atom is -0.463 e. The summed E-state index contributed by atoms with van der Waals surface area (Å²) in [6.07, 6.45) is 3.80. The van der Waals surface area contributed by atoms with E-state index < -0.39 is 0 Å². The first kappa shape index (κ1) is 8.59. The van der Waals surface area contributed by atoms with Crippen molar-refractivity contribution >= 4 is 12.0 Å². The van der Waals surface area contributed by atoms with Crippen LogP contribution in [0.3, 0.4) is 0 Å². The van der Waals surface area contributed by atoms with Crippen molar-refractivity contribution in [3.63, 3.8) is 0 Å². The number of aldehydes is 1. The number of allylic oxidation sites excluding steroid dienone is 1. The molecule has 0 aromatic carbocycles. The number of hydrogen-bond donors (Lipinski definition) is 0. The number of hydrogen-bond acceptors (Lipinski definition) is 3. The van der Waals surface area contributed by atoms with E-state index in [0.717, 1.165) is 12.0 Å². The van der Waals surface area contributed by atoms with Crippen LogP contribution in [0.25, 0.3) is 5.70 Å². The molecule has 0 saturated carbocycles. The highest BCUT2D eigenvalue weighted by molar-refractivity contribution is 5.78. The van der Waals surface area contributed by atoms with E-state index in [1.807, 2.05) is 25.1 Å². The average molecular weight is 165 g/mol. The molecule has 0 aliphatic rings. The number of furan rings is 1. The molecule has 0 unspecified atom stereocenters. The summed E-state index contributed by atoms with van der Waals surface area (Å²) in [4.78, 5) is 12.1. The maximum Gasteiger partial charge on any atom is 0.150 e. The van der Waals surface area contributed by atoms with E-state index in [1.165, 1.54) is 6.08 Å². The molecule has 1 aromatic heterocycles. The van der Waals surface area contributed by atoms with Gasteiger partial charge in [-0.25, -0.2) is 0 Å². The first-order chi connectivity index (χ1) is 5.75. The molecular weight excluding hydrogens is 154 g/mol. The van der Waals surface area contributed by atoms with Crippen molar-refractivity contribution in [1.82, 2.24) is 4.90 Å². The Labute approximate surface area is 71.3 Å². The summed E-state index contributed by atoms with van der Waals surface area (Å²) in [5.41, 5.74) is 0.773. The van der Waals surface area contributed by atoms with Crippen LogP contribution in [0.5, 0.6) is 0 Å². The van der Waals surface area contributed by atoms with Gasteiger partial charge in [-0.15, -0.1) is 0 Å². The topological polar surface area (TPSA) is 33.5 Å². The third-order valence-corrected chi connectivity index (χ3v) is 1.48. The van der Waals surface area contributed by atoms with Crippen LogP contribution in [0.2, 0.25) is 0 Å². The summed E-state index contributed by atoms with van der Waals surface area (Å²) in [5, 5.41) is 0. The molecule has 1 rings (SSSR count). The molecule has 0 amide bonds. The van der Waals surface area contributed by atoms with Crippen LogP contribution in [0.4, 0.5) is 0 Å². The largest absolute Gasteiger partial charge is 0.463 e. The summed E-state index contributed by atoms with van der Waals surface area (Å²) in [6.45, 7) is 0. The highest BCUT2D eigenvalue weighted by Crippen LogP contribution is 2.15. The van der Waals surface area contributed by atoms with Crippen molar-refractivity contribution in [3.05, 3.63) is 30.2 Å². The van der Waals surface area contributed by atoms with Gasteiger partial charge >= 0.3 is 0 Å². The Morgan fingerprint density at radius 2 is 2.33 bits per heavy atom. The second-order valence-corrected chi connectivity index (χ2v) is 2.56. The molecule has 0 saturated heterocycles. The minimum atomic E-state index is 0.701. The lowest BCUT2D eigenvalue weighted by Gasteiger charge is -2.13. The lowest BCUT2D eigenvalue weighted by Crippen LogP contribution is -2.09. The van der Waals surface area contributed by atoms with Gasteiger partial charge in [0.15, 0.2) is 0 Å². The molecule has 12 heavy (non-hydrogen) atoms. The Kier molecular flexibility index (Phi) is 2.69. The fraction of sp³-hybridized carbons (Fsp3) is 0.222. The molecule has 0 bridgehead atoms. The zero-order chi connectivity index (χ0) is 8.97. The van der Waals surface area contributed by atoms with E-state index in [-0.39, 0.29) is 0 Å². The number of nitrogens with zero attached hydrogens (tertiary/aromatic N) is 1. The van der Waals surface area contributed by atoms with Crippen molar-refractivity contribution in [1.29, 1.82) is 0 Å². The molecule has 0 spiro atoms. The summed E-state index contributed by atoms with van der Waals surface area (Å²) in [6, 6.07) is 3.60. The Morgan fingerprint density at radius 1 is 1.58 bits per heavy atom. The molecule has 1 heterocycles. The van der Waals surface area contributed by atoms with Gasteiger partial charge in [0.2, 0.25) is 0 Å². The van der Waals surface area contributed by atoms with Gasteiger partial charge in [-0.2, -0.15) is 0 Å². The van der Waals surface area contributed by atoms with E-state index in [4.69, 9.17) is 4.42 Å². The van der Waals surface area contributed by atoms with Gasteiger partial charge in [-0.05, 0) is 12.1 Å². The van der Waals surface area contributed by atoms with Crippen molar-refractivity contribution in [2.45, 2.75) is 0 Å². The quantitative estimate of drug-likeness (QED) is 0.501. The number of rotatable bonds is 3. The second kappa shape index (κ2) is 3.76. The van der Waals surface area contributed by atoms with Crippen LogP contribution in [0, 0.1) is 0 Å². The molecule has 0 N–H and O–H groups in total. The van der Waals surface area contributed by atoms with Crippen molar-refractivity contribution < 1.29 is 9.21 Å². The Bertz CT molecular complexity index is 273. The lowest BCUT2D eigenvalue weighted by molar-refractivity contribution is -0.104.